The van der Waals surface area contributed by atoms with Crippen LogP contribution in [0.15, 0.2) is 73.2 Å². The third-order valence-corrected chi connectivity index (χ3v) is 5.84. The number of amides is 1. The molecule has 0 bridgehead atoms. The minimum Gasteiger partial charge on any atom is -0.367 e. The number of hydrogen-bond acceptors (Lipinski definition) is 4. The van der Waals surface area contributed by atoms with E-state index in [1.807, 2.05) is 22.1 Å². The first-order chi connectivity index (χ1) is 14.8. The Morgan fingerprint density at radius 3 is 2.57 bits per heavy atom. The van der Waals surface area contributed by atoms with Gasteiger partial charge in [-0.05, 0) is 11.6 Å². The van der Waals surface area contributed by atoms with Crippen molar-refractivity contribution < 1.29 is 4.79 Å². The highest BCUT2D eigenvalue weighted by Crippen LogP contribution is 2.31. The molecule has 6 nitrogen and oxygen atoms in total. The second kappa shape index (κ2) is 8.06. The molecule has 2 aliphatic heterocycles. The molecule has 0 unspecified atom stereocenters. The third kappa shape index (κ3) is 3.56. The monoisotopic (exact) mass is 399 g/mol. The summed E-state index contributed by atoms with van der Waals surface area (Å²) in [5.41, 5.74) is 4.75. The molecule has 2 aliphatic rings. The number of nitrogens with zero attached hydrogens (tertiary/aromatic N) is 4. The number of carbonyl (C=O) groups excluding carboxylic acids is 1. The van der Waals surface area contributed by atoms with Gasteiger partial charge in [-0.2, -0.15) is 0 Å². The first-order valence-electron chi connectivity index (χ1n) is 10.4. The van der Waals surface area contributed by atoms with Gasteiger partial charge in [0.05, 0.1) is 12.0 Å². The summed E-state index contributed by atoms with van der Waals surface area (Å²) in [6.07, 6.45) is 6.55. The summed E-state index contributed by atoms with van der Waals surface area (Å²) in [5, 5.41) is 0. The average molecular weight is 399 g/mol. The summed E-state index contributed by atoms with van der Waals surface area (Å²) in [4.78, 5) is 26.7. The van der Waals surface area contributed by atoms with E-state index in [-0.39, 0.29) is 5.91 Å². The number of fused-ring (bicyclic) bond motifs is 1. The minimum atomic E-state index is 0.145. The third-order valence-electron chi connectivity index (χ3n) is 5.84. The molecule has 5 rings (SSSR count). The summed E-state index contributed by atoms with van der Waals surface area (Å²) in [7, 11) is 0. The fourth-order valence-corrected chi connectivity index (χ4v) is 4.26. The van der Waals surface area contributed by atoms with Crippen LogP contribution in [-0.2, 0) is 11.2 Å². The first kappa shape index (κ1) is 18.5. The predicted molar refractivity (Wildman–Crippen MR) is 119 cm³/mol. The van der Waals surface area contributed by atoms with Gasteiger partial charge >= 0.3 is 0 Å². The summed E-state index contributed by atoms with van der Waals surface area (Å²) in [6, 6.07) is 19.0. The number of benzene rings is 2. The van der Waals surface area contributed by atoms with Crippen LogP contribution in [-0.4, -0.2) is 53.5 Å². The number of aromatic amines is 1. The number of rotatable bonds is 4. The highest BCUT2D eigenvalue weighted by atomic mass is 16.2. The van der Waals surface area contributed by atoms with Crippen molar-refractivity contribution in [1.29, 1.82) is 0 Å². The Hall–Kier alpha value is -3.54. The molecule has 2 aromatic carbocycles. The zero-order valence-electron chi connectivity index (χ0n) is 16.9. The van der Waals surface area contributed by atoms with E-state index in [2.05, 4.69) is 69.5 Å². The van der Waals surface area contributed by atoms with E-state index >= 15 is 0 Å². The lowest BCUT2D eigenvalue weighted by Crippen LogP contribution is -2.51. The Kier molecular flexibility index (Phi) is 4.97. The van der Waals surface area contributed by atoms with Crippen molar-refractivity contribution in [2.45, 2.75) is 6.42 Å². The van der Waals surface area contributed by atoms with E-state index in [1.165, 1.54) is 16.8 Å². The van der Waals surface area contributed by atoms with Crippen LogP contribution < -0.4 is 9.80 Å². The van der Waals surface area contributed by atoms with Crippen LogP contribution in [0.3, 0.4) is 0 Å². The maximum Gasteiger partial charge on any atom is 0.242 e. The summed E-state index contributed by atoms with van der Waals surface area (Å²) in [6.45, 7) is 3.45. The molecule has 1 fully saturated rings. The number of carbonyl (C=O) groups is 1. The lowest BCUT2D eigenvalue weighted by atomic mass is 10.0. The van der Waals surface area contributed by atoms with Crippen LogP contribution in [0, 0.1) is 0 Å². The van der Waals surface area contributed by atoms with E-state index in [0.29, 0.717) is 6.54 Å². The van der Waals surface area contributed by atoms with E-state index < -0.39 is 0 Å². The molecule has 1 amide bonds. The molecule has 3 heterocycles. The van der Waals surface area contributed by atoms with Crippen LogP contribution in [0.25, 0.3) is 11.1 Å². The number of hydrogen-bond donors (Lipinski definition) is 1. The SMILES string of the molecule is O=C(CN1C=CCc2[nH]cnc21)N1CCN(c2ccccc2-c2ccccc2)CC1. The molecule has 152 valence electrons. The molecule has 6 heteroatoms. The molecule has 0 spiro atoms. The quantitative estimate of drug-likeness (QED) is 0.731. The van der Waals surface area contributed by atoms with E-state index in [9.17, 15) is 4.79 Å². The van der Waals surface area contributed by atoms with E-state index in [0.717, 1.165) is 44.1 Å². The number of nitrogens with one attached hydrogen (secondary N) is 1. The zero-order chi connectivity index (χ0) is 20.3. The van der Waals surface area contributed by atoms with Crippen molar-refractivity contribution in [2.24, 2.45) is 0 Å². The Bertz CT molecular complexity index is 1050. The molecule has 1 aromatic heterocycles. The smallest absolute Gasteiger partial charge is 0.242 e. The Morgan fingerprint density at radius 2 is 1.73 bits per heavy atom. The minimum absolute atomic E-state index is 0.145. The van der Waals surface area contributed by atoms with Crippen molar-refractivity contribution in [3.8, 4) is 11.1 Å². The molecule has 30 heavy (non-hydrogen) atoms. The Morgan fingerprint density at radius 1 is 0.967 bits per heavy atom. The summed E-state index contributed by atoms with van der Waals surface area (Å²) >= 11 is 0. The number of piperazine rings is 1. The summed E-state index contributed by atoms with van der Waals surface area (Å²) < 4.78 is 0. The normalized spacial score (nSPS) is 15.9. The average Bonchev–Trinajstić information content (AvgIpc) is 3.30. The Balaban J connectivity index is 1.25. The van der Waals surface area contributed by atoms with Crippen LogP contribution >= 0.6 is 0 Å². The molecular weight excluding hydrogens is 374 g/mol. The number of H-pyrrole nitrogens is 1. The highest BCUT2D eigenvalue weighted by molar-refractivity contribution is 5.83. The van der Waals surface area contributed by atoms with Gasteiger partial charge in [-0.1, -0.05) is 54.6 Å². The van der Waals surface area contributed by atoms with Crippen molar-refractivity contribution in [2.75, 3.05) is 42.5 Å². The number of allylic oxidation sites excluding steroid dienone is 1. The van der Waals surface area contributed by atoms with Crippen molar-refractivity contribution in [3.05, 3.63) is 78.9 Å². The predicted octanol–water partition coefficient (Wildman–Crippen LogP) is 3.30. The first-order valence-corrected chi connectivity index (χ1v) is 10.4. The number of aromatic nitrogens is 2. The van der Waals surface area contributed by atoms with Gasteiger partial charge in [0.2, 0.25) is 5.91 Å². The molecule has 0 atom stereocenters. The largest absolute Gasteiger partial charge is 0.367 e. The van der Waals surface area contributed by atoms with Gasteiger partial charge in [-0.3, -0.25) is 4.79 Å². The van der Waals surface area contributed by atoms with E-state index in [4.69, 9.17) is 0 Å². The van der Waals surface area contributed by atoms with Gasteiger partial charge in [0.25, 0.3) is 0 Å². The molecule has 0 saturated carbocycles. The molecular formula is C24H25N5O. The Labute approximate surface area is 176 Å². The fraction of sp³-hybridized carbons (Fsp3) is 0.250. The van der Waals surface area contributed by atoms with Gasteiger partial charge in [-0.15, -0.1) is 0 Å². The standard InChI is InChI=1S/C24H25N5O/c30-23(17-29-12-6-10-21-24(29)26-18-25-21)28-15-13-27(14-16-28)22-11-5-4-9-20(22)19-7-2-1-3-8-19/h1-9,11-12,18H,10,13-17H2,(H,25,26). The second-order valence-electron chi connectivity index (χ2n) is 7.67. The number of imidazole rings is 1. The zero-order valence-corrected chi connectivity index (χ0v) is 16.9. The van der Waals surface area contributed by atoms with Gasteiger partial charge in [0, 0.05) is 50.1 Å². The van der Waals surface area contributed by atoms with Crippen LogP contribution in [0.1, 0.15) is 5.69 Å². The maximum absolute atomic E-state index is 12.9. The number of para-hydroxylation sites is 1. The topological polar surface area (TPSA) is 55.5 Å². The molecule has 1 N–H and O–H groups in total. The van der Waals surface area contributed by atoms with Gasteiger partial charge < -0.3 is 19.7 Å². The maximum atomic E-state index is 12.9. The van der Waals surface area contributed by atoms with Crippen LogP contribution in [0.4, 0.5) is 11.5 Å². The second-order valence-corrected chi connectivity index (χ2v) is 7.67. The highest BCUT2D eigenvalue weighted by Gasteiger charge is 2.25. The van der Waals surface area contributed by atoms with Crippen molar-refractivity contribution in [1.82, 2.24) is 14.9 Å². The van der Waals surface area contributed by atoms with Crippen LogP contribution in [0.5, 0.6) is 0 Å². The van der Waals surface area contributed by atoms with Gasteiger partial charge in [0.15, 0.2) is 5.82 Å². The summed E-state index contributed by atoms with van der Waals surface area (Å²) in [5.74, 6) is 1.01. The van der Waals surface area contributed by atoms with Gasteiger partial charge in [-0.25, -0.2) is 4.98 Å². The molecule has 0 radical (unpaired) electrons. The van der Waals surface area contributed by atoms with E-state index in [1.54, 1.807) is 6.33 Å². The molecule has 1 saturated heterocycles. The molecule has 3 aromatic rings. The lowest BCUT2D eigenvalue weighted by Gasteiger charge is -2.37. The van der Waals surface area contributed by atoms with Crippen LogP contribution in [0.2, 0.25) is 0 Å². The fourth-order valence-electron chi connectivity index (χ4n) is 4.26. The molecule has 0 aliphatic carbocycles. The lowest BCUT2D eigenvalue weighted by molar-refractivity contribution is -0.129. The number of anilines is 2. The van der Waals surface area contributed by atoms with Crippen molar-refractivity contribution >= 4 is 17.4 Å². The van der Waals surface area contributed by atoms with Gasteiger partial charge in [0.1, 0.15) is 6.54 Å². The van der Waals surface area contributed by atoms with Crippen molar-refractivity contribution in [3.63, 3.8) is 0 Å².